The molecule has 0 aromatic heterocycles. The van der Waals surface area contributed by atoms with Gasteiger partial charge in [-0.3, -0.25) is 0 Å². The van der Waals surface area contributed by atoms with Crippen LogP contribution < -0.4 is 0 Å². The Bertz CT molecular complexity index is 1540. The van der Waals surface area contributed by atoms with Crippen LogP contribution >= 0.6 is 0 Å². The molecule has 0 aromatic carbocycles. The smallest absolute Gasteiger partial charge is 0.393 e. The van der Waals surface area contributed by atoms with E-state index in [0.717, 1.165) is 55.2 Å². The molecular weight excluding hydrogens is 748 g/mol. The van der Waals surface area contributed by atoms with Crippen molar-refractivity contribution in [3.8, 4) is 11.8 Å². The lowest BCUT2D eigenvalue weighted by atomic mass is 9.62. The molecule has 6 rings (SSSR count). The minimum atomic E-state index is -5.92. The van der Waals surface area contributed by atoms with Crippen LogP contribution in [-0.2, 0) is 0 Å². The third-order valence-electron chi connectivity index (χ3n) is 13.4. The third-order valence-corrected chi connectivity index (χ3v) is 13.4. The Morgan fingerprint density at radius 2 is 1.06 bits per heavy atom. The number of fused-ring (bicyclic) bond motifs is 2. The molecular formula is C38H46F12O4. The van der Waals surface area contributed by atoms with Gasteiger partial charge in [0.15, 0.2) is 0 Å². The van der Waals surface area contributed by atoms with Gasteiger partial charge in [-0.1, -0.05) is 49.1 Å². The average molecular weight is 795 g/mol. The summed E-state index contributed by atoms with van der Waals surface area (Å²) in [7, 11) is 0. The fourth-order valence-corrected chi connectivity index (χ4v) is 9.96. The first-order chi connectivity index (χ1) is 24.5. The van der Waals surface area contributed by atoms with Gasteiger partial charge >= 0.3 is 30.3 Å². The van der Waals surface area contributed by atoms with Crippen molar-refractivity contribution < 1.29 is 73.1 Å². The minimum Gasteiger partial charge on any atom is -0.393 e. The van der Waals surface area contributed by atoms with Crippen molar-refractivity contribution in [3.05, 3.63) is 35.5 Å². The quantitative estimate of drug-likeness (QED) is 0.123. The fourth-order valence-electron chi connectivity index (χ4n) is 9.96. The molecule has 306 valence electrons. The molecule has 6 aliphatic carbocycles. The molecule has 0 heterocycles. The number of aliphatic hydroxyl groups excluding tert-OH is 2. The van der Waals surface area contributed by atoms with Gasteiger partial charge in [0.2, 0.25) is 0 Å². The number of hydrogen-bond acceptors (Lipinski definition) is 4. The van der Waals surface area contributed by atoms with E-state index >= 15 is 0 Å². The van der Waals surface area contributed by atoms with E-state index in [9.17, 15) is 68.0 Å². The van der Waals surface area contributed by atoms with Crippen LogP contribution in [0.5, 0.6) is 0 Å². The molecule has 4 fully saturated rings. The van der Waals surface area contributed by atoms with Gasteiger partial charge in [-0.15, -0.1) is 0 Å². The minimum absolute atomic E-state index is 0.0196. The van der Waals surface area contributed by atoms with Crippen molar-refractivity contribution in [3.63, 3.8) is 0 Å². The fraction of sp³-hybridized carbons (Fsp3) is 0.789. The summed E-state index contributed by atoms with van der Waals surface area (Å²) >= 11 is 0. The summed E-state index contributed by atoms with van der Waals surface area (Å²) < 4.78 is 153. The number of halogens is 12. The Labute approximate surface area is 305 Å². The third kappa shape index (κ3) is 7.25. The van der Waals surface area contributed by atoms with E-state index in [1.54, 1.807) is 0 Å². The Morgan fingerprint density at radius 1 is 0.648 bits per heavy atom. The molecule has 4 saturated carbocycles. The lowest BCUT2D eigenvalue weighted by Gasteiger charge is -2.44. The standard InChI is InChI=1S/C19H24F6O2.C19H22F6O2/c2*1-15-7-2-4-13(26)12(15)5-6-14(15)16(10-11-16)8-3-9-17(27,18(20,21)22)19(23,24)25/h3,6,9,12-13,26-27H,2,4-5,7-8,10-11H2,1H3;6,12-13,26-27H,2,4-5,7-8,10-11H2,1H3/b9-3-;/t2*12?,13-,15-/m00/s1. The van der Waals surface area contributed by atoms with E-state index in [-0.39, 0.29) is 41.6 Å². The van der Waals surface area contributed by atoms with Crippen molar-refractivity contribution in [2.75, 3.05) is 0 Å². The van der Waals surface area contributed by atoms with E-state index in [1.807, 2.05) is 31.9 Å². The van der Waals surface area contributed by atoms with Gasteiger partial charge < -0.3 is 20.4 Å². The predicted molar refractivity (Wildman–Crippen MR) is 172 cm³/mol. The molecule has 4 nitrogen and oxygen atoms in total. The molecule has 54 heavy (non-hydrogen) atoms. The zero-order chi connectivity index (χ0) is 40.6. The largest absolute Gasteiger partial charge is 0.438 e. The Hall–Kier alpha value is -2.22. The summed E-state index contributed by atoms with van der Waals surface area (Å²) in [5, 5.41) is 39.0. The van der Waals surface area contributed by atoms with Crippen LogP contribution in [0.25, 0.3) is 0 Å². The van der Waals surface area contributed by atoms with Gasteiger partial charge in [0.25, 0.3) is 5.60 Å². The van der Waals surface area contributed by atoms with Crippen LogP contribution in [0.4, 0.5) is 52.7 Å². The van der Waals surface area contributed by atoms with Crippen LogP contribution in [-0.4, -0.2) is 68.5 Å². The highest BCUT2D eigenvalue weighted by molar-refractivity contribution is 5.38. The summed E-state index contributed by atoms with van der Waals surface area (Å²) in [5.41, 5.74) is -9.32. The maximum atomic E-state index is 12.8. The van der Waals surface area contributed by atoms with Crippen molar-refractivity contribution in [2.24, 2.45) is 33.5 Å². The summed E-state index contributed by atoms with van der Waals surface area (Å²) in [5.74, 6) is 3.16. The SMILES string of the molecule is C[C@]12CCC[C@H](O)C1CC=C2C1(C/C=C\C(O)(C(F)(F)F)C(F)(F)F)CC1.C[C@]12CCC[C@H](O)C1CC=C2C1(CC#CC(O)(C(F)(F)F)C(F)(F)F)CC1. The van der Waals surface area contributed by atoms with Crippen molar-refractivity contribution in [1.82, 2.24) is 0 Å². The summed E-state index contributed by atoms with van der Waals surface area (Å²) in [6.45, 7) is 4.07. The van der Waals surface area contributed by atoms with Gasteiger partial charge in [0, 0.05) is 11.8 Å². The molecule has 4 N–H and O–H groups in total. The highest BCUT2D eigenvalue weighted by Gasteiger charge is 2.71. The molecule has 0 saturated heterocycles. The summed E-state index contributed by atoms with van der Waals surface area (Å²) in [4.78, 5) is 0. The molecule has 0 aromatic rings. The van der Waals surface area contributed by atoms with Crippen LogP contribution in [0, 0.1) is 45.3 Å². The average Bonchev–Trinajstić information content (AvgIpc) is 3.91. The lowest BCUT2D eigenvalue weighted by Crippen LogP contribution is -2.55. The molecule has 0 bridgehead atoms. The predicted octanol–water partition coefficient (Wildman–Crippen LogP) is 9.58. The molecule has 0 spiro atoms. The van der Waals surface area contributed by atoms with Gasteiger partial charge in [0.05, 0.1) is 12.2 Å². The molecule has 2 unspecified atom stereocenters. The van der Waals surface area contributed by atoms with E-state index < -0.39 is 58.9 Å². The number of aliphatic hydroxyl groups is 4. The van der Waals surface area contributed by atoms with Gasteiger partial charge in [-0.05, 0) is 124 Å². The molecule has 16 heteroatoms. The Morgan fingerprint density at radius 3 is 1.43 bits per heavy atom. The van der Waals surface area contributed by atoms with E-state index in [2.05, 4.69) is 0 Å². The topological polar surface area (TPSA) is 80.9 Å². The molecule has 0 aliphatic heterocycles. The molecule has 0 radical (unpaired) electrons. The van der Waals surface area contributed by atoms with E-state index in [1.165, 1.54) is 0 Å². The maximum Gasteiger partial charge on any atom is 0.438 e. The Balaban J connectivity index is 0.000000208. The van der Waals surface area contributed by atoms with Crippen LogP contribution in [0.3, 0.4) is 0 Å². The second-order valence-electron chi connectivity index (χ2n) is 16.8. The second kappa shape index (κ2) is 13.7. The van der Waals surface area contributed by atoms with Gasteiger partial charge in [-0.25, -0.2) is 0 Å². The molecule has 6 aliphatic rings. The monoisotopic (exact) mass is 794 g/mol. The van der Waals surface area contributed by atoms with Crippen LogP contribution in [0.1, 0.15) is 104 Å². The number of alkyl halides is 12. The van der Waals surface area contributed by atoms with E-state index in [0.29, 0.717) is 44.9 Å². The highest BCUT2D eigenvalue weighted by atomic mass is 19.4. The zero-order valence-corrected chi connectivity index (χ0v) is 29.8. The van der Waals surface area contributed by atoms with Crippen molar-refractivity contribution in [2.45, 2.75) is 152 Å². The van der Waals surface area contributed by atoms with E-state index in [4.69, 9.17) is 5.11 Å². The maximum absolute atomic E-state index is 12.8. The van der Waals surface area contributed by atoms with Crippen LogP contribution in [0.15, 0.2) is 35.5 Å². The zero-order valence-electron chi connectivity index (χ0n) is 29.8. The summed E-state index contributed by atoms with van der Waals surface area (Å²) in [6.07, 6.45) is -11.0. The summed E-state index contributed by atoms with van der Waals surface area (Å²) in [6, 6.07) is 0. The number of allylic oxidation sites excluding steroid dienone is 5. The first-order valence-corrected chi connectivity index (χ1v) is 18.2. The van der Waals surface area contributed by atoms with Gasteiger partial charge in [-0.2, -0.15) is 52.7 Å². The highest BCUT2D eigenvalue weighted by Crippen LogP contribution is 2.68. The lowest BCUT2D eigenvalue weighted by molar-refractivity contribution is -0.347. The second-order valence-corrected chi connectivity index (χ2v) is 16.8. The number of hydrogen-bond donors (Lipinski definition) is 4. The van der Waals surface area contributed by atoms with Crippen LogP contribution in [0.2, 0.25) is 0 Å². The van der Waals surface area contributed by atoms with Crippen molar-refractivity contribution >= 4 is 0 Å². The normalized spacial score (nSPS) is 33.4. The van der Waals surface area contributed by atoms with Crippen molar-refractivity contribution in [1.29, 1.82) is 0 Å². The Kier molecular flexibility index (Phi) is 10.9. The number of rotatable bonds is 6. The molecule has 0 amide bonds. The first-order valence-electron chi connectivity index (χ1n) is 18.2. The molecule has 6 atom stereocenters. The van der Waals surface area contributed by atoms with Gasteiger partial charge in [0.1, 0.15) is 0 Å². The first kappa shape index (κ1) is 42.9.